The summed E-state index contributed by atoms with van der Waals surface area (Å²) in [7, 11) is 0. The maximum Gasteiger partial charge on any atom is 0.416 e. The Labute approximate surface area is 84.8 Å². The first-order valence-electron chi connectivity index (χ1n) is 3.05. The molecule has 0 saturated carbocycles. The molecule has 0 bridgehead atoms. The summed E-state index contributed by atoms with van der Waals surface area (Å²) in [5.74, 6) is 0. The van der Waals surface area contributed by atoms with Crippen molar-refractivity contribution in [3.8, 4) is 0 Å². The molecule has 1 aliphatic rings. The van der Waals surface area contributed by atoms with E-state index in [-0.39, 0.29) is 4.83 Å². The average molecular weight is 305 g/mol. The van der Waals surface area contributed by atoms with E-state index in [0.717, 1.165) is 12.2 Å². The van der Waals surface area contributed by atoms with Crippen LogP contribution in [-0.2, 0) is 0 Å². The van der Waals surface area contributed by atoms with Crippen LogP contribution in [-0.4, -0.2) is 11.0 Å². The Hall–Kier alpha value is 0.230. The lowest BCUT2D eigenvalue weighted by Gasteiger charge is -2.15. The minimum Gasteiger partial charge on any atom is -0.166 e. The van der Waals surface area contributed by atoms with E-state index in [1.54, 1.807) is 6.42 Å². The van der Waals surface area contributed by atoms with E-state index in [4.69, 9.17) is 0 Å². The van der Waals surface area contributed by atoms with E-state index in [9.17, 15) is 13.2 Å². The summed E-state index contributed by atoms with van der Waals surface area (Å²) in [5, 5.41) is 0. The van der Waals surface area contributed by atoms with Crippen molar-refractivity contribution in [2.75, 3.05) is 0 Å². The second-order valence-electron chi connectivity index (χ2n) is 2.26. The quantitative estimate of drug-likeness (QED) is 0.598. The van der Waals surface area contributed by atoms with Crippen LogP contribution in [0.2, 0.25) is 0 Å². The molecule has 0 aromatic carbocycles. The van der Waals surface area contributed by atoms with E-state index in [1.807, 2.05) is 0 Å². The van der Waals surface area contributed by atoms with Gasteiger partial charge in [-0.05, 0) is 6.08 Å². The lowest BCUT2D eigenvalue weighted by Crippen LogP contribution is -2.15. The van der Waals surface area contributed by atoms with E-state index in [2.05, 4.69) is 31.9 Å². The molecule has 0 fully saturated rings. The largest absolute Gasteiger partial charge is 0.416 e. The van der Waals surface area contributed by atoms with Crippen LogP contribution >= 0.6 is 31.9 Å². The standard InChI is InChI=1S/C7H4Br2F3/c8-5-1-4(7(10,11)12)2-6(9)3-5/h1-3,5H. The Kier molecular flexibility index (Phi) is 3.04. The monoisotopic (exact) mass is 303 g/mol. The summed E-state index contributed by atoms with van der Waals surface area (Å²) in [6, 6.07) is 0. The Morgan fingerprint density at radius 1 is 1.33 bits per heavy atom. The number of rotatable bonds is 0. The summed E-state index contributed by atoms with van der Waals surface area (Å²) in [5.41, 5.74) is -0.626. The van der Waals surface area contributed by atoms with Crippen LogP contribution in [0.4, 0.5) is 13.2 Å². The number of hydrogen-bond acceptors (Lipinski definition) is 0. The van der Waals surface area contributed by atoms with E-state index >= 15 is 0 Å². The maximum absolute atomic E-state index is 12.1. The normalized spacial score (nSPS) is 24.9. The number of halogens is 5. The maximum atomic E-state index is 12.1. The third kappa shape index (κ3) is 2.62. The van der Waals surface area contributed by atoms with Crippen molar-refractivity contribution in [2.45, 2.75) is 11.0 Å². The number of allylic oxidation sites excluding steroid dienone is 4. The molecular weight excluding hydrogens is 301 g/mol. The topological polar surface area (TPSA) is 0 Å². The fraction of sp³-hybridized carbons (Fsp3) is 0.286. The predicted octanol–water partition coefficient (Wildman–Crippen LogP) is 3.74. The van der Waals surface area contributed by atoms with Gasteiger partial charge in [0.2, 0.25) is 0 Å². The first-order chi connectivity index (χ1) is 5.39. The third-order valence-corrected chi connectivity index (χ3v) is 2.30. The minimum atomic E-state index is -4.26. The molecule has 0 amide bonds. The molecule has 0 aromatic heterocycles. The molecule has 1 radical (unpaired) electrons. The van der Waals surface area contributed by atoms with Gasteiger partial charge in [0.05, 0.1) is 5.57 Å². The van der Waals surface area contributed by atoms with Gasteiger partial charge in [-0.1, -0.05) is 37.9 Å². The fourth-order valence-electron chi connectivity index (χ4n) is 0.793. The van der Waals surface area contributed by atoms with Gasteiger partial charge < -0.3 is 0 Å². The van der Waals surface area contributed by atoms with Crippen molar-refractivity contribution < 1.29 is 13.2 Å². The van der Waals surface area contributed by atoms with Crippen molar-refractivity contribution in [1.29, 1.82) is 0 Å². The van der Waals surface area contributed by atoms with E-state index in [0.29, 0.717) is 4.48 Å². The molecule has 1 unspecified atom stereocenters. The second-order valence-corrected chi connectivity index (χ2v) is 4.23. The molecule has 0 aliphatic heterocycles. The Balaban J connectivity index is 2.91. The van der Waals surface area contributed by atoms with Gasteiger partial charge in [-0.2, -0.15) is 13.2 Å². The molecule has 12 heavy (non-hydrogen) atoms. The Bertz CT molecular complexity index is 240. The molecule has 0 spiro atoms. The fourth-order valence-corrected chi connectivity index (χ4v) is 2.25. The second kappa shape index (κ2) is 3.54. The molecule has 5 heteroatoms. The first-order valence-corrected chi connectivity index (χ1v) is 4.75. The molecule has 0 nitrogen and oxygen atoms in total. The molecule has 0 heterocycles. The van der Waals surface area contributed by atoms with Gasteiger partial charge in [-0.25, -0.2) is 0 Å². The van der Waals surface area contributed by atoms with Crippen molar-refractivity contribution in [2.24, 2.45) is 0 Å². The van der Waals surface area contributed by atoms with Gasteiger partial charge in [0.15, 0.2) is 0 Å². The summed E-state index contributed by atoms with van der Waals surface area (Å²) >= 11 is 6.06. The van der Waals surface area contributed by atoms with E-state index in [1.165, 1.54) is 0 Å². The molecule has 0 N–H and O–H groups in total. The zero-order valence-corrected chi connectivity index (χ0v) is 8.87. The molecule has 1 rings (SSSR count). The van der Waals surface area contributed by atoms with Crippen LogP contribution in [0.3, 0.4) is 0 Å². The highest BCUT2D eigenvalue weighted by atomic mass is 79.9. The molecule has 67 valence electrons. The first kappa shape index (κ1) is 10.3. The average Bonchev–Trinajstić information content (AvgIpc) is 1.82. The van der Waals surface area contributed by atoms with Gasteiger partial charge in [0, 0.05) is 15.7 Å². The zero-order valence-electron chi connectivity index (χ0n) is 5.70. The summed E-state index contributed by atoms with van der Waals surface area (Å²) in [6.07, 6.45) is -0.461. The van der Waals surface area contributed by atoms with Gasteiger partial charge in [0.25, 0.3) is 0 Å². The van der Waals surface area contributed by atoms with Gasteiger partial charge in [0.1, 0.15) is 0 Å². The zero-order chi connectivity index (χ0) is 9.35. The highest BCUT2D eigenvalue weighted by Crippen LogP contribution is 2.34. The van der Waals surface area contributed by atoms with Gasteiger partial charge >= 0.3 is 6.18 Å². The lowest BCUT2D eigenvalue weighted by molar-refractivity contribution is -0.0885. The summed E-state index contributed by atoms with van der Waals surface area (Å²) < 4.78 is 36.8. The van der Waals surface area contributed by atoms with Gasteiger partial charge in [-0.3, -0.25) is 0 Å². The predicted molar refractivity (Wildman–Crippen MR) is 48.2 cm³/mol. The highest BCUT2D eigenvalue weighted by Gasteiger charge is 2.34. The summed E-state index contributed by atoms with van der Waals surface area (Å²) in [4.78, 5) is -0.353. The van der Waals surface area contributed by atoms with Crippen LogP contribution in [0.1, 0.15) is 0 Å². The van der Waals surface area contributed by atoms with Crippen molar-refractivity contribution >= 4 is 31.9 Å². The van der Waals surface area contributed by atoms with Crippen LogP contribution in [0.25, 0.3) is 0 Å². The SMILES string of the molecule is FC(F)(F)C1=CC(Br)[CH]C(Br)=C1. The Morgan fingerprint density at radius 3 is 2.33 bits per heavy atom. The minimum absolute atomic E-state index is 0.353. The highest BCUT2D eigenvalue weighted by molar-refractivity contribution is 9.12. The third-order valence-electron chi connectivity index (χ3n) is 1.28. The van der Waals surface area contributed by atoms with Crippen molar-refractivity contribution in [1.82, 2.24) is 0 Å². The lowest BCUT2D eigenvalue weighted by atomic mass is 10.1. The molecular formula is C7H4Br2F3. The van der Waals surface area contributed by atoms with Crippen molar-refractivity contribution in [3.05, 3.63) is 28.6 Å². The van der Waals surface area contributed by atoms with Crippen LogP contribution in [0, 0.1) is 6.42 Å². The number of alkyl halides is 4. The van der Waals surface area contributed by atoms with Crippen LogP contribution in [0.15, 0.2) is 22.2 Å². The molecule has 1 aliphatic carbocycles. The Morgan fingerprint density at radius 2 is 1.92 bits per heavy atom. The number of hydrogen-bond donors (Lipinski definition) is 0. The summed E-state index contributed by atoms with van der Waals surface area (Å²) in [6.45, 7) is 0. The molecule has 0 aromatic rings. The van der Waals surface area contributed by atoms with E-state index < -0.39 is 11.7 Å². The smallest absolute Gasteiger partial charge is 0.166 e. The molecule has 1 atom stereocenters. The molecule has 0 saturated heterocycles. The van der Waals surface area contributed by atoms with Crippen molar-refractivity contribution in [3.63, 3.8) is 0 Å². The van der Waals surface area contributed by atoms with Crippen LogP contribution in [0.5, 0.6) is 0 Å². The van der Waals surface area contributed by atoms with Gasteiger partial charge in [-0.15, -0.1) is 0 Å². The van der Waals surface area contributed by atoms with Crippen LogP contribution < -0.4 is 0 Å².